The molecule has 0 amide bonds. The van der Waals surface area contributed by atoms with E-state index in [-0.39, 0.29) is 0 Å². The third-order valence-electron chi connectivity index (χ3n) is 2.97. The first-order chi connectivity index (χ1) is 10.3. The summed E-state index contributed by atoms with van der Waals surface area (Å²) >= 11 is 1.34. The number of nitrogens with one attached hydrogen (secondary N) is 1. The molecule has 2 aromatic heterocycles. The van der Waals surface area contributed by atoms with Gasteiger partial charge in [-0.25, -0.2) is 0 Å². The van der Waals surface area contributed by atoms with Crippen LogP contribution in [0, 0.1) is 0 Å². The van der Waals surface area contributed by atoms with Gasteiger partial charge in [0.1, 0.15) is 11.4 Å². The molecule has 0 aromatic carbocycles. The van der Waals surface area contributed by atoms with Crippen LogP contribution >= 0.6 is 11.3 Å². The number of aryl methyl sites for hydroxylation is 1. The van der Waals surface area contributed by atoms with Crippen LogP contribution in [0.1, 0.15) is 10.6 Å². The second kappa shape index (κ2) is 6.53. The largest absolute Gasteiger partial charge is 0.433 e. The lowest BCUT2D eigenvalue weighted by atomic mass is 10.3. The zero-order valence-corrected chi connectivity index (χ0v) is 13.0. The normalized spacial score (nSPS) is 11.7. The van der Waals surface area contributed by atoms with E-state index in [1.165, 1.54) is 18.4 Å². The summed E-state index contributed by atoms with van der Waals surface area (Å²) in [5, 5.41) is 7.02. The van der Waals surface area contributed by atoms with Gasteiger partial charge in [0.15, 0.2) is 0 Å². The van der Waals surface area contributed by atoms with E-state index in [4.69, 9.17) is 4.74 Å². The van der Waals surface area contributed by atoms with Crippen LogP contribution in [0.3, 0.4) is 0 Å². The lowest BCUT2D eigenvalue weighted by Gasteiger charge is -2.06. The summed E-state index contributed by atoms with van der Waals surface area (Å²) in [6, 6.07) is 4.60. The van der Waals surface area contributed by atoms with Crippen LogP contribution in [0.4, 0.5) is 13.2 Å². The standard InChI is InChI=1S/C14H16F3N3OS/c1-9(18-6-7-21-3)11-4-5-12(22-11)10-8-13(14(15,16)17)20(2)19-10/h4-5,8,18H,1,6-7H2,2-3H3. The van der Waals surface area contributed by atoms with E-state index in [0.717, 1.165) is 15.6 Å². The SMILES string of the molecule is C=C(NCCOC)c1ccc(-c2cc(C(F)(F)F)n(C)n2)s1. The second-order valence-corrected chi connectivity index (χ2v) is 5.68. The first-order valence-electron chi connectivity index (χ1n) is 6.46. The van der Waals surface area contributed by atoms with Crippen LogP contribution in [0.25, 0.3) is 16.3 Å². The third kappa shape index (κ3) is 3.69. The molecule has 0 fully saturated rings. The van der Waals surface area contributed by atoms with E-state index >= 15 is 0 Å². The maximum Gasteiger partial charge on any atom is 0.433 e. The summed E-state index contributed by atoms with van der Waals surface area (Å²) < 4.78 is 44.2. The third-order valence-corrected chi connectivity index (χ3v) is 4.14. The summed E-state index contributed by atoms with van der Waals surface area (Å²) in [6.45, 7) is 5.07. The zero-order chi connectivity index (χ0) is 16.3. The molecule has 0 radical (unpaired) electrons. The number of methoxy groups -OCH3 is 1. The molecule has 2 heterocycles. The van der Waals surface area contributed by atoms with Crippen molar-refractivity contribution < 1.29 is 17.9 Å². The number of halogens is 3. The molecule has 2 rings (SSSR count). The van der Waals surface area contributed by atoms with Gasteiger partial charge in [0.2, 0.25) is 0 Å². The summed E-state index contributed by atoms with van der Waals surface area (Å²) in [4.78, 5) is 1.51. The Morgan fingerprint density at radius 1 is 1.45 bits per heavy atom. The van der Waals surface area contributed by atoms with E-state index in [9.17, 15) is 13.2 Å². The van der Waals surface area contributed by atoms with E-state index in [2.05, 4.69) is 17.0 Å². The number of rotatable bonds is 6. The molecule has 120 valence electrons. The van der Waals surface area contributed by atoms with Gasteiger partial charge in [-0.3, -0.25) is 4.68 Å². The average Bonchev–Trinajstić information content (AvgIpc) is 3.04. The molecule has 0 spiro atoms. The second-order valence-electron chi connectivity index (χ2n) is 4.60. The van der Waals surface area contributed by atoms with Crippen molar-refractivity contribution in [3.63, 3.8) is 0 Å². The Kier molecular flexibility index (Phi) is 4.92. The Labute approximate surface area is 130 Å². The Morgan fingerprint density at radius 2 is 2.18 bits per heavy atom. The molecule has 22 heavy (non-hydrogen) atoms. The number of ether oxygens (including phenoxy) is 1. The smallest absolute Gasteiger partial charge is 0.383 e. The van der Waals surface area contributed by atoms with Crippen molar-refractivity contribution in [2.24, 2.45) is 7.05 Å². The minimum absolute atomic E-state index is 0.302. The van der Waals surface area contributed by atoms with Crippen LogP contribution in [-0.4, -0.2) is 30.0 Å². The summed E-state index contributed by atoms with van der Waals surface area (Å²) in [5.74, 6) is 0. The summed E-state index contributed by atoms with van der Waals surface area (Å²) in [7, 11) is 2.89. The Bertz CT molecular complexity index is 661. The molecule has 4 nitrogen and oxygen atoms in total. The number of hydrogen-bond donors (Lipinski definition) is 1. The molecule has 0 atom stereocenters. The lowest BCUT2D eigenvalue weighted by Crippen LogP contribution is -2.16. The fourth-order valence-electron chi connectivity index (χ4n) is 1.88. The molecule has 0 unspecified atom stereocenters. The first-order valence-corrected chi connectivity index (χ1v) is 7.28. The molecular formula is C14H16F3N3OS. The van der Waals surface area contributed by atoms with Gasteiger partial charge in [0, 0.05) is 26.4 Å². The van der Waals surface area contributed by atoms with Crippen LogP contribution in [0.15, 0.2) is 24.8 Å². The van der Waals surface area contributed by atoms with Gasteiger partial charge in [-0.05, 0) is 18.2 Å². The van der Waals surface area contributed by atoms with Crippen LogP contribution in [-0.2, 0) is 18.0 Å². The van der Waals surface area contributed by atoms with Gasteiger partial charge in [0.05, 0.1) is 16.4 Å². The highest BCUT2D eigenvalue weighted by Crippen LogP contribution is 2.34. The maximum absolute atomic E-state index is 12.8. The first kappa shape index (κ1) is 16.6. The lowest BCUT2D eigenvalue weighted by molar-refractivity contribution is -0.143. The molecule has 2 aromatic rings. The van der Waals surface area contributed by atoms with Crippen molar-refractivity contribution in [2.45, 2.75) is 6.18 Å². The van der Waals surface area contributed by atoms with Gasteiger partial charge in [-0.15, -0.1) is 11.3 Å². The monoisotopic (exact) mass is 331 g/mol. The highest BCUT2D eigenvalue weighted by Gasteiger charge is 2.35. The number of aromatic nitrogens is 2. The molecule has 8 heteroatoms. The maximum atomic E-state index is 12.8. The average molecular weight is 331 g/mol. The Hall–Kier alpha value is -1.80. The van der Waals surface area contributed by atoms with Crippen molar-refractivity contribution >= 4 is 17.0 Å². The zero-order valence-electron chi connectivity index (χ0n) is 12.2. The van der Waals surface area contributed by atoms with Gasteiger partial charge >= 0.3 is 6.18 Å². The molecule has 0 saturated heterocycles. The van der Waals surface area contributed by atoms with Crippen molar-refractivity contribution in [1.29, 1.82) is 0 Å². The van der Waals surface area contributed by atoms with Crippen molar-refractivity contribution in [1.82, 2.24) is 15.1 Å². The number of alkyl halides is 3. The molecule has 0 aliphatic heterocycles. The number of hydrogen-bond acceptors (Lipinski definition) is 4. The van der Waals surface area contributed by atoms with E-state index in [0.29, 0.717) is 29.4 Å². The van der Waals surface area contributed by atoms with Crippen molar-refractivity contribution in [3.05, 3.63) is 35.3 Å². The summed E-state index contributed by atoms with van der Waals surface area (Å²) in [6.07, 6.45) is -4.41. The predicted octanol–water partition coefficient (Wildman–Crippen LogP) is 3.37. The molecule has 0 aliphatic rings. The van der Waals surface area contributed by atoms with E-state index in [1.54, 1.807) is 13.2 Å². The number of nitrogens with zero attached hydrogens (tertiary/aromatic N) is 2. The molecule has 0 bridgehead atoms. The molecule has 0 saturated carbocycles. The van der Waals surface area contributed by atoms with Crippen molar-refractivity contribution in [2.75, 3.05) is 20.3 Å². The van der Waals surface area contributed by atoms with Gasteiger partial charge in [-0.1, -0.05) is 6.58 Å². The molecular weight excluding hydrogens is 315 g/mol. The van der Waals surface area contributed by atoms with Crippen LogP contribution in [0.2, 0.25) is 0 Å². The topological polar surface area (TPSA) is 39.1 Å². The minimum atomic E-state index is -4.41. The fraction of sp³-hybridized carbons (Fsp3) is 0.357. The number of thiophene rings is 1. The Morgan fingerprint density at radius 3 is 2.77 bits per heavy atom. The summed E-state index contributed by atoms with van der Waals surface area (Å²) in [5.41, 5.74) is 0.241. The van der Waals surface area contributed by atoms with Crippen molar-refractivity contribution in [3.8, 4) is 10.6 Å². The fourth-order valence-corrected chi connectivity index (χ4v) is 2.79. The molecule has 0 aliphatic carbocycles. The Balaban J connectivity index is 2.16. The van der Waals surface area contributed by atoms with Crippen LogP contribution < -0.4 is 5.32 Å². The van der Waals surface area contributed by atoms with E-state index in [1.807, 2.05) is 6.07 Å². The molecule has 1 N–H and O–H groups in total. The highest BCUT2D eigenvalue weighted by molar-refractivity contribution is 7.16. The minimum Gasteiger partial charge on any atom is -0.383 e. The predicted molar refractivity (Wildman–Crippen MR) is 80.4 cm³/mol. The highest BCUT2D eigenvalue weighted by atomic mass is 32.1. The van der Waals surface area contributed by atoms with Crippen LogP contribution in [0.5, 0.6) is 0 Å². The quantitative estimate of drug-likeness (QED) is 0.825. The van der Waals surface area contributed by atoms with E-state index < -0.39 is 11.9 Å². The van der Waals surface area contributed by atoms with Gasteiger partial charge in [-0.2, -0.15) is 18.3 Å². The van der Waals surface area contributed by atoms with Gasteiger partial charge in [0.25, 0.3) is 0 Å². The van der Waals surface area contributed by atoms with Gasteiger partial charge < -0.3 is 10.1 Å².